The molecule has 0 aliphatic heterocycles. The molecule has 0 saturated heterocycles. The van der Waals surface area contributed by atoms with Gasteiger partial charge in [0.25, 0.3) is 5.56 Å². The van der Waals surface area contributed by atoms with E-state index in [9.17, 15) is 4.79 Å². The quantitative estimate of drug-likeness (QED) is 0.465. The van der Waals surface area contributed by atoms with Gasteiger partial charge in [-0.15, -0.1) is 0 Å². The van der Waals surface area contributed by atoms with Crippen molar-refractivity contribution in [3.63, 3.8) is 0 Å². The highest BCUT2D eigenvalue weighted by molar-refractivity contribution is 7.80. The van der Waals surface area contributed by atoms with E-state index in [1.54, 1.807) is 0 Å². The number of hydrogen-bond acceptors (Lipinski definition) is 2. The van der Waals surface area contributed by atoms with Crippen LogP contribution in [0.5, 0.6) is 0 Å². The molecule has 0 unspecified atom stereocenters. The summed E-state index contributed by atoms with van der Waals surface area (Å²) < 4.78 is 0. The molecule has 1 fully saturated rings. The van der Waals surface area contributed by atoms with Crippen LogP contribution in [0.15, 0.2) is 59.4 Å². The summed E-state index contributed by atoms with van der Waals surface area (Å²) in [5.74, 6) is 0. The van der Waals surface area contributed by atoms with E-state index in [-0.39, 0.29) is 11.6 Å². The first-order chi connectivity index (χ1) is 15.5. The molecule has 1 heterocycles. The molecule has 0 radical (unpaired) electrons. The fraction of sp³-hybridized carbons (Fsp3) is 0.407. The maximum atomic E-state index is 12.9. The molecule has 1 saturated carbocycles. The molecule has 1 aromatic heterocycles. The number of nitrogens with zero attached hydrogens (tertiary/aromatic N) is 1. The van der Waals surface area contributed by atoms with Gasteiger partial charge in [-0.3, -0.25) is 4.79 Å². The van der Waals surface area contributed by atoms with Crippen LogP contribution in [0.25, 0.3) is 10.9 Å². The standard InChI is InChI=1S/C27H33N3OS/c1-3-20-14-15-25-22(16-20)17-23(26(31)29-25)18-30(24-12-8-5-9-13-24)27(32)28-19(2)21-10-6-4-7-11-21/h4,6-7,10-11,14-17,19,24H,3,5,8-9,12-13,18H2,1-2H3,(H,28,32)(H,29,31)/t19-/m0/s1. The van der Waals surface area contributed by atoms with E-state index >= 15 is 0 Å². The molecule has 2 N–H and O–H groups in total. The summed E-state index contributed by atoms with van der Waals surface area (Å²) >= 11 is 5.91. The van der Waals surface area contributed by atoms with Gasteiger partial charge in [0.05, 0.1) is 12.6 Å². The minimum atomic E-state index is -0.0264. The van der Waals surface area contributed by atoms with Crippen molar-refractivity contribution in [2.24, 2.45) is 0 Å². The van der Waals surface area contributed by atoms with Crippen molar-refractivity contribution in [2.45, 2.75) is 71.0 Å². The van der Waals surface area contributed by atoms with Gasteiger partial charge in [0, 0.05) is 17.1 Å². The molecule has 1 aliphatic rings. The maximum Gasteiger partial charge on any atom is 0.253 e. The smallest absolute Gasteiger partial charge is 0.253 e. The van der Waals surface area contributed by atoms with Crippen LogP contribution in [0.1, 0.15) is 68.7 Å². The van der Waals surface area contributed by atoms with Gasteiger partial charge in [-0.1, -0.05) is 62.6 Å². The highest BCUT2D eigenvalue weighted by Gasteiger charge is 2.25. The Kier molecular flexibility index (Phi) is 7.26. The Hall–Kier alpha value is -2.66. The Morgan fingerprint density at radius 3 is 2.59 bits per heavy atom. The summed E-state index contributed by atoms with van der Waals surface area (Å²) in [4.78, 5) is 18.3. The third kappa shape index (κ3) is 5.21. The fourth-order valence-corrected chi connectivity index (χ4v) is 5.07. The van der Waals surface area contributed by atoms with Crippen molar-refractivity contribution < 1.29 is 0 Å². The van der Waals surface area contributed by atoms with Crippen molar-refractivity contribution in [1.29, 1.82) is 0 Å². The van der Waals surface area contributed by atoms with Crippen LogP contribution < -0.4 is 10.9 Å². The number of hydrogen-bond donors (Lipinski definition) is 2. The van der Waals surface area contributed by atoms with Crippen LogP contribution in [0.2, 0.25) is 0 Å². The predicted molar refractivity (Wildman–Crippen MR) is 137 cm³/mol. The predicted octanol–water partition coefficient (Wildman–Crippen LogP) is 5.86. The minimum Gasteiger partial charge on any atom is -0.356 e. The molecule has 1 atom stereocenters. The van der Waals surface area contributed by atoms with Crippen LogP contribution in [-0.4, -0.2) is 21.0 Å². The third-order valence-corrected chi connectivity index (χ3v) is 7.00. The summed E-state index contributed by atoms with van der Waals surface area (Å²) in [6.45, 7) is 4.81. The topological polar surface area (TPSA) is 48.1 Å². The molecule has 4 nitrogen and oxygen atoms in total. The number of fused-ring (bicyclic) bond motifs is 1. The lowest BCUT2D eigenvalue weighted by molar-refractivity contribution is 0.233. The Labute approximate surface area is 196 Å². The lowest BCUT2D eigenvalue weighted by Gasteiger charge is -2.37. The van der Waals surface area contributed by atoms with Crippen molar-refractivity contribution in [3.05, 3.63) is 81.6 Å². The zero-order chi connectivity index (χ0) is 22.5. The fourth-order valence-electron chi connectivity index (χ4n) is 4.67. The Balaban J connectivity index is 1.61. The molecule has 32 heavy (non-hydrogen) atoms. The summed E-state index contributed by atoms with van der Waals surface area (Å²) in [5, 5.41) is 5.35. The van der Waals surface area contributed by atoms with Crippen molar-refractivity contribution >= 4 is 28.2 Å². The van der Waals surface area contributed by atoms with E-state index in [2.05, 4.69) is 65.4 Å². The first-order valence-corrected chi connectivity index (χ1v) is 12.2. The largest absolute Gasteiger partial charge is 0.356 e. The summed E-state index contributed by atoms with van der Waals surface area (Å²) in [6, 6.07) is 19.1. The number of thiocarbonyl (C=S) groups is 1. The van der Waals surface area contributed by atoms with Gasteiger partial charge in [0.2, 0.25) is 0 Å². The molecule has 5 heteroatoms. The molecule has 168 valence electrons. The molecule has 0 amide bonds. The number of benzene rings is 2. The minimum absolute atomic E-state index is 0.0264. The summed E-state index contributed by atoms with van der Waals surface area (Å²) in [7, 11) is 0. The first-order valence-electron chi connectivity index (χ1n) is 11.8. The average molecular weight is 448 g/mol. The van der Waals surface area contributed by atoms with Crippen LogP contribution in [0, 0.1) is 0 Å². The lowest BCUT2D eigenvalue weighted by Crippen LogP contribution is -2.47. The second kappa shape index (κ2) is 10.3. The number of pyridine rings is 1. The van der Waals surface area contributed by atoms with E-state index in [0.717, 1.165) is 40.8 Å². The van der Waals surface area contributed by atoms with Crippen molar-refractivity contribution in [3.8, 4) is 0 Å². The maximum absolute atomic E-state index is 12.9. The van der Waals surface area contributed by atoms with E-state index in [0.29, 0.717) is 12.6 Å². The molecule has 4 rings (SSSR count). The van der Waals surface area contributed by atoms with Crippen LogP contribution >= 0.6 is 12.2 Å². The Bertz CT molecular complexity index is 1120. The normalized spacial score (nSPS) is 15.4. The van der Waals surface area contributed by atoms with Gasteiger partial charge in [-0.05, 0) is 73.1 Å². The zero-order valence-corrected chi connectivity index (χ0v) is 19.9. The molecule has 0 spiro atoms. The number of aryl methyl sites for hydroxylation is 1. The van der Waals surface area contributed by atoms with Crippen LogP contribution in [0.4, 0.5) is 0 Å². The van der Waals surface area contributed by atoms with Crippen molar-refractivity contribution in [2.75, 3.05) is 0 Å². The lowest BCUT2D eigenvalue weighted by atomic mass is 9.94. The molecular weight excluding hydrogens is 414 g/mol. The van der Waals surface area contributed by atoms with E-state index in [1.807, 2.05) is 18.2 Å². The number of aromatic nitrogens is 1. The molecular formula is C27H33N3OS. The molecule has 3 aromatic rings. The number of H-pyrrole nitrogens is 1. The van der Waals surface area contributed by atoms with Gasteiger partial charge in [-0.25, -0.2) is 0 Å². The van der Waals surface area contributed by atoms with Crippen LogP contribution in [-0.2, 0) is 13.0 Å². The second-order valence-electron chi connectivity index (χ2n) is 8.90. The molecule has 1 aliphatic carbocycles. The number of nitrogens with one attached hydrogen (secondary N) is 2. The monoisotopic (exact) mass is 447 g/mol. The molecule has 0 bridgehead atoms. The van der Waals surface area contributed by atoms with Crippen molar-refractivity contribution in [1.82, 2.24) is 15.2 Å². The number of rotatable bonds is 6. The SMILES string of the molecule is CCc1ccc2[nH]c(=O)c(CN(C(=S)N[C@@H](C)c3ccccc3)C3CCCCC3)cc2c1. The summed E-state index contributed by atoms with van der Waals surface area (Å²) in [5.41, 5.74) is 4.11. The third-order valence-electron chi connectivity index (χ3n) is 6.65. The summed E-state index contributed by atoms with van der Waals surface area (Å²) in [6.07, 6.45) is 6.92. The van der Waals surface area contributed by atoms with Gasteiger partial charge in [0.15, 0.2) is 5.11 Å². The highest BCUT2D eigenvalue weighted by atomic mass is 32.1. The first kappa shape index (κ1) is 22.5. The van der Waals surface area contributed by atoms with Crippen LogP contribution in [0.3, 0.4) is 0 Å². The van der Waals surface area contributed by atoms with E-state index in [1.165, 1.54) is 30.4 Å². The van der Waals surface area contributed by atoms with Gasteiger partial charge in [0.1, 0.15) is 0 Å². The zero-order valence-electron chi connectivity index (χ0n) is 19.1. The van der Waals surface area contributed by atoms with E-state index in [4.69, 9.17) is 12.2 Å². The Morgan fingerprint density at radius 1 is 1.12 bits per heavy atom. The highest BCUT2D eigenvalue weighted by Crippen LogP contribution is 2.25. The van der Waals surface area contributed by atoms with Gasteiger partial charge < -0.3 is 15.2 Å². The number of aromatic amines is 1. The second-order valence-corrected chi connectivity index (χ2v) is 9.29. The van der Waals surface area contributed by atoms with E-state index < -0.39 is 0 Å². The molecule has 2 aromatic carbocycles. The Morgan fingerprint density at radius 2 is 1.88 bits per heavy atom. The van der Waals surface area contributed by atoms with Gasteiger partial charge in [-0.2, -0.15) is 0 Å². The average Bonchev–Trinajstić information content (AvgIpc) is 2.83. The van der Waals surface area contributed by atoms with Gasteiger partial charge >= 0.3 is 0 Å².